The molecule has 0 aliphatic heterocycles. The van der Waals surface area contributed by atoms with Crippen LogP contribution in [0.4, 0.5) is 0 Å². The van der Waals surface area contributed by atoms with Gasteiger partial charge in [0, 0.05) is 0 Å². The van der Waals surface area contributed by atoms with Crippen LogP contribution in [-0.4, -0.2) is 32.9 Å². The number of carbonyl (C=O) groups excluding carboxylic acids is 1. The van der Waals surface area contributed by atoms with E-state index in [1.165, 1.54) is 6.39 Å². The number of amides is 1. The fourth-order valence-electron chi connectivity index (χ4n) is 2.39. The molecule has 3 rings (SSSR count). The molecule has 0 bridgehead atoms. The van der Waals surface area contributed by atoms with E-state index in [1.54, 1.807) is 18.7 Å². The Kier molecular flexibility index (Phi) is 4.66. The van der Waals surface area contributed by atoms with E-state index in [0.717, 1.165) is 29.0 Å². The number of hydrogen-bond donors (Lipinski definition) is 2. The minimum atomic E-state index is -0.272. The highest BCUT2D eigenvalue weighted by molar-refractivity contribution is 7.98. The maximum atomic E-state index is 12.4. The van der Waals surface area contributed by atoms with E-state index in [2.05, 4.69) is 20.3 Å². The molecule has 6 nitrogen and oxygen atoms in total. The lowest BCUT2D eigenvalue weighted by atomic mass is 10.2. The molecule has 0 radical (unpaired) electrons. The quantitative estimate of drug-likeness (QED) is 0.725. The molecular weight excluding hydrogens is 312 g/mol. The van der Waals surface area contributed by atoms with Crippen LogP contribution in [0.3, 0.4) is 0 Å². The molecule has 0 spiro atoms. The van der Waals surface area contributed by atoms with Gasteiger partial charge in [0.1, 0.15) is 5.82 Å². The lowest BCUT2D eigenvalue weighted by Crippen LogP contribution is -2.30. The molecule has 7 heteroatoms. The first-order valence-electron chi connectivity index (χ1n) is 7.33. The van der Waals surface area contributed by atoms with Crippen molar-refractivity contribution in [2.75, 3.05) is 12.0 Å². The second-order valence-electron chi connectivity index (χ2n) is 5.21. The van der Waals surface area contributed by atoms with Crippen molar-refractivity contribution in [2.24, 2.45) is 0 Å². The van der Waals surface area contributed by atoms with E-state index >= 15 is 0 Å². The summed E-state index contributed by atoms with van der Waals surface area (Å²) < 4.78 is 5.17. The molecule has 0 aliphatic carbocycles. The second kappa shape index (κ2) is 6.87. The zero-order valence-corrected chi connectivity index (χ0v) is 13.8. The van der Waals surface area contributed by atoms with Crippen LogP contribution in [-0.2, 0) is 0 Å². The summed E-state index contributed by atoms with van der Waals surface area (Å²) in [6.07, 6.45) is 4.10. The van der Waals surface area contributed by atoms with Crippen LogP contribution < -0.4 is 5.32 Å². The number of nitrogens with one attached hydrogen (secondary N) is 2. The summed E-state index contributed by atoms with van der Waals surface area (Å²) in [7, 11) is 0. The summed E-state index contributed by atoms with van der Waals surface area (Å²) in [6, 6.07) is 7.62. The Bertz CT molecular complexity index is 778. The number of rotatable bonds is 6. The molecule has 3 aromatic rings. The van der Waals surface area contributed by atoms with Crippen molar-refractivity contribution in [1.29, 1.82) is 0 Å². The Labute approximate surface area is 138 Å². The minimum Gasteiger partial charge on any atom is -0.438 e. The molecule has 0 fully saturated rings. The van der Waals surface area contributed by atoms with Crippen LogP contribution in [0.5, 0.6) is 0 Å². The molecule has 2 N–H and O–H groups in total. The molecular formula is C16H18N4O2S. The predicted octanol–water partition coefficient (Wildman–Crippen LogP) is 3.08. The van der Waals surface area contributed by atoms with Crippen LogP contribution in [0.2, 0.25) is 0 Å². The van der Waals surface area contributed by atoms with Gasteiger partial charge in [0.15, 0.2) is 6.39 Å². The van der Waals surface area contributed by atoms with Gasteiger partial charge in [-0.3, -0.25) is 4.79 Å². The standard InChI is InChI=1S/C16H18N4O2S/c1-10-14(22-9-17-10)16(21)20-13(7-8-23-2)15-18-11-5-3-4-6-12(11)19-15/h3-6,9,13H,7-8H2,1-2H3,(H,18,19)(H,20,21). The molecule has 1 unspecified atom stereocenters. The van der Waals surface area contributed by atoms with Gasteiger partial charge in [0.25, 0.3) is 5.91 Å². The Morgan fingerprint density at radius 1 is 1.43 bits per heavy atom. The maximum Gasteiger partial charge on any atom is 0.289 e. The van der Waals surface area contributed by atoms with Gasteiger partial charge in [0.2, 0.25) is 5.76 Å². The van der Waals surface area contributed by atoms with Gasteiger partial charge in [-0.05, 0) is 37.5 Å². The summed E-state index contributed by atoms with van der Waals surface area (Å²) >= 11 is 1.73. The average molecular weight is 330 g/mol. The van der Waals surface area contributed by atoms with Crippen LogP contribution in [0.25, 0.3) is 11.0 Å². The van der Waals surface area contributed by atoms with E-state index in [9.17, 15) is 4.79 Å². The number of H-pyrrole nitrogens is 1. The number of fused-ring (bicyclic) bond motifs is 1. The zero-order valence-electron chi connectivity index (χ0n) is 13.0. The van der Waals surface area contributed by atoms with Crippen molar-refractivity contribution in [3.05, 3.63) is 47.9 Å². The van der Waals surface area contributed by atoms with Gasteiger partial charge >= 0.3 is 0 Å². The lowest BCUT2D eigenvalue weighted by Gasteiger charge is -2.15. The Morgan fingerprint density at radius 3 is 2.96 bits per heavy atom. The molecule has 120 valence electrons. The number of carbonyl (C=O) groups is 1. The maximum absolute atomic E-state index is 12.4. The summed E-state index contributed by atoms with van der Waals surface area (Å²) in [5.41, 5.74) is 2.43. The second-order valence-corrected chi connectivity index (χ2v) is 6.20. The highest BCUT2D eigenvalue weighted by Crippen LogP contribution is 2.21. The van der Waals surface area contributed by atoms with Crippen LogP contribution in [0.1, 0.15) is 34.5 Å². The first-order valence-corrected chi connectivity index (χ1v) is 8.73. The van der Waals surface area contributed by atoms with Crippen molar-refractivity contribution in [3.63, 3.8) is 0 Å². The number of oxazole rings is 1. The normalized spacial score (nSPS) is 12.4. The van der Waals surface area contributed by atoms with Crippen molar-refractivity contribution in [1.82, 2.24) is 20.3 Å². The molecule has 0 aliphatic rings. The van der Waals surface area contributed by atoms with E-state index in [0.29, 0.717) is 5.69 Å². The van der Waals surface area contributed by atoms with E-state index in [4.69, 9.17) is 4.42 Å². The molecule has 2 heterocycles. The minimum absolute atomic E-state index is 0.202. The number of thioether (sulfide) groups is 1. The highest BCUT2D eigenvalue weighted by Gasteiger charge is 2.22. The number of aryl methyl sites for hydroxylation is 1. The van der Waals surface area contributed by atoms with Gasteiger partial charge in [-0.25, -0.2) is 9.97 Å². The number of para-hydroxylation sites is 2. The summed E-state index contributed by atoms with van der Waals surface area (Å²) in [5, 5.41) is 2.99. The number of imidazole rings is 1. The van der Waals surface area contributed by atoms with Gasteiger partial charge < -0.3 is 14.7 Å². The summed E-state index contributed by atoms with van der Waals surface area (Å²) in [4.78, 5) is 24.2. The van der Waals surface area contributed by atoms with Gasteiger partial charge in [-0.1, -0.05) is 12.1 Å². The van der Waals surface area contributed by atoms with Crippen molar-refractivity contribution >= 4 is 28.7 Å². The van der Waals surface area contributed by atoms with E-state index in [1.807, 2.05) is 30.5 Å². The zero-order chi connectivity index (χ0) is 16.2. The number of aromatic nitrogens is 3. The Morgan fingerprint density at radius 2 is 2.26 bits per heavy atom. The predicted molar refractivity (Wildman–Crippen MR) is 90.5 cm³/mol. The van der Waals surface area contributed by atoms with E-state index < -0.39 is 0 Å². The number of aromatic amines is 1. The number of benzene rings is 1. The smallest absolute Gasteiger partial charge is 0.289 e. The first-order chi connectivity index (χ1) is 11.2. The van der Waals surface area contributed by atoms with Crippen molar-refractivity contribution in [3.8, 4) is 0 Å². The molecule has 2 aromatic heterocycles. The molecule has 1 amide bonds. The van der Waals surface area contributed by atoms with E-state index in [-0.39, 0.29) is 17.7 Å². The third-order valence-electron chi connectivity index (χ3n) is 3.61. The summed E-state index contributed by atoms with van der Waals surface area (Å²) in [5.74, 6) is 1.64. The van der Waals surface area contributed by atoms with Gasteiger partial charge in [0.05, 0.1) is 22.8 Å². The average Bonchev–Trinajstić information content (AvgIpc) is 3.16. The lowest BCUT2D eigenvalue weighted by molar-refractivity contribution is 0.0905. The van der Waals surface area contributed by atoms with Crippen molar-refractivity contribution < 1.29 is 9.21 Å². The molecule has 0 saturated heterocycles. The largest absolute Gasteiger partial charge is 0.438 e. The Hall–Kier alpha value is -2.28. The van der Waals surface area contributed by atoms with Crippen LogP contribution >= 0.6 is 11.8 Å². The fraction of sp³-hybridized carbons (Fsp3) is 0.312. The molecule has 23 heavy (non-hydrogen) atoms. The highest BCUT2D eigenvalue weighted by atomic mass is 32.2. The topological polar surface area (TPSA) is 83.8 Å². The van der Waals surface area contributed by atoms with Crippen LogP contribution in [0, 0.1) is 6.92 Å². The van der Waals surface area contributed by atoms with Gasteiger partial charge in [-0.15, -0.1) is 0 Å². The number of hydrogen-bond acceptors (Lipinski definition) is 5. The first kappa shape index (κ1) is 15.6. The van der Waals surface area contributed by atoms with Crippen LogP contribution in [0.15, 0.2) is 35.1 Å². The molecule has 0 saturated carbocycles. The third kappa shape index (κ3) is 3.39. The monoisotopic (exact) mass is 330 g/mol. The third-order valence-corrected chi connectivity index (χ3v) is 4.25. The van der Waals surface area contributed by atoms with Gasteiger partial charge in [-0.2, -0.15) is 11.8 Å². The Balaban J connectivity index is 1.85. The summed E-state index contributed by atoms with van der Waals surface area (Å²) in [6.45, 7) is 1.75. The van der Waals surface area contributed by atoms with Crippen molar-refractivity contribution in [2.45, 2.75) is 19.4 Å². The fourth-order valence-corrected chi connectivity index (χ4v) is 2.87. The SMILES string of the molecule is CSCCC(NC(=O)c1ocnc1C)c1nc2ccccc2[nH]1. The molecule has 1 atom stereocenters. The number of nitrogens with zero attached hydrogens (tertiary/aromatic N) is 2. The molecule has 1 aromatic carbocycles.